The van der Waals surface area contributed by atoms with E-state index in [0.717, 1.165) is 32.2 Å². The van der Waals surface area contributed by atoms with Crippen molar-refractivity contribution in [3.63, 3.8) is 0 Å². The van der Waals surface area contributed by atoms with Crippen molar-refractivity contribution >= 4 is 0 Å². The average Bonchev–Trinajstić information content (AvgIpc) is 2.76. The van der Waals surface area contributed by atoms with Crippen molar-refractivity contribution in [1.82, 2.24) is 9.55 Å². The first kappa shape index (κ1) is 15.6. The van der Waals surface area contributed by atoms with Crippen molar-refractivity contribution < 1.29 is 5.11 Å². The molecule has 3 atom stereocenters. The van der Waals surface area contributed by atoms with Gasteiger partial charge in [-0.2, -0.15) is 0 Å². The van der Waals surface area contributed by atoms with Crippen molar-refractivity contribution in [3.8, 4) is 0 Å². The number of imidazole rings is 1. The first-order chi connectivity index (χ1) is 9.44. The standard InChI is InChI=1S/C17H30N2O/c1-5-9-19-10-8-18-16(19)12-17(3,4)14-7-6-13(2)11-15(14)20/h8,10,13-15,20H,5-7,9,11-12H2,1-4H3. The zero-order chi connectivity index (χ0) is 14.8. The molecule has 1 aromatic heterocycles. The maximum Gasteiger partial charge on any atom is 0.109 e. The van der Waals surface area contributed by atoms with Gasteiger partial charge in [-0.1, -0.05) is 34.1 Å². The molecule has 0 bridgehead atoms. The minimum Gasteiger partial charge on any atom is -0.393 e. The monoisotopic (exact) mass is 278 g/mol. The van der Waals surface area contributed by atoms with Gasteiger partial charge in [0, 0.05) is 25.4 Å². The van der Waals surface area contributed by atoms with Crippen LogP contribution < -0.4 is 0 Å². The van der Waals surface area contributed by atoms with Crippen LogP contribution in [0.3, 0.4) is 0 Å². The molecule has 0 spiro atoms. The summed E-state index contributed by atoms with van der Waals surface area (Å²) in [5.74, 6) is 2.23. The molecule has 0 saturated heterocycles. The molecule has 1 N–H and O–H groups in total. The van der Waals surface area contributed by atoms with Gasteiger partial charge in [0.05, 0.1) is 6.10 Å². The molecule has 1 aliphatic carbocycles. The minimum absolute atomic E-state index is 0.108. The summed E-state index contributed by atoms with van der Waals surface area (Å²) >= 11 is 0. The molecule has 3 nitrogen and oxygen atoms in total. The van der Waals surface area contributed by atoms with Gasteiger partial charge >= 0.3 is 0 Å². The van der Waals surface area contributed by atoms with Crippen LogP contribution in [-0.2, 0) is 13.0 Å². The zero-order valence-corrected chi connectivity index (χ0v) is 13.5. The fraction of sp³-hybridized carbons (Fsp3) is 0.824. The molecule has 1 fully saturated rings. The van der Waals surface area contributed by atoms with Gasteiger partial charge in [-0.3, -0.25) is 0 Å². The largest absolute Gasteiger partial charge is 0.393 e. The van der Waals surface area contributed by atoms with Gasteiger partial charge in [0.1, 0.15) is 5.82 Å². The molecular formula is C17H30N2O. The molecule has 3 unspecified atom stereocenters. The van der Waals surface area contributed by atoms with E-state index in [4.69, 9.17) is 0 Å². The lowest BCUT2D eigenvalue weighted by Gasteiger charge is -2.42. The molecule has 1 saturated carbocycles. The predicted molar refractivity (Wildman–Crippen MR) is 82.5 cm³/mol. The summed E-state index contributed by atoms with van der Waals surface area (Å²) in [4.78, 5) is 4.54. The Hall–Kier alpha value is -0.830. The van der Waals surface area contributed by atoms with Gasteiger partial charge < -0.3 is 9.67 Å². The smallest absolute Gasteiger partial charge is 0.109 e. The molecule has 2 rings (SSSR count). The number of hydrogen-bond acceptors (Lipinski definition) is 2. The Kier molecular flexibility index (Phi) is 4.90. The van der Waals surface area contributed by atoms with Crippen molar-refractivity contribution in [3.05, 3.63) is 18.2 Å². The Morgan fingerprint density at radius 3 is 2.80 bits per heavy atom. The normalized spacial score (nSPS) is 27.8. The van der Waals surface area contributed by atoms with Crippen molar-refractivity contribution in [2.24, 2.45) is 17.3 Å². The van der Waals surface area contributed by atoms with Crippen LogP contribution in [0.25, 0.3) is 0 Å². The molecule has 1 aliphatic rings. The molecule has 3 heteroatoms. The second-order valence-corrected chi connectivity index (χ2v) is 7.29. The predicted octanol–water partition coefficient (Wildman–Crippen LogP) is 3.66. The second-order valence-electron chi connectivity index (χ2n) is 7.29. The van der Waals surface area contributed by atoms with Crippen molar-refractivity contribution in [1.29, 1.82) is 0 Å². The summed E-state index contributed by atoms with van der Waals surface area (Å²) in [6.07, 6.45) is 9.26. The number of nitrogens with zero attached hydrogens (tertiary/aromatic N) is 2. The van der Waals surface area contributed by atoms with Crippen LogP contribution in [0.1, 0.15) is 59.2 Å². The van der Waals surface area contributed by atoms with Crippen LogP contribution in [0.5, 0.6) is 0 Å². The summed E-state index contributed by atoms with van der Waals surface area (Å²) in [5, 5.41) is 10.4. The van der Waals surface area contributed by atoms with E-state index in [1.807, 2.05) is 6.20 Å². The number of hydrogen-bond donors (Lipinski definition) is 1. The highest BCUT2D eigenvalue weighted by molar-refractivity contribution is 4.99. The van der Waals surface area contributed by atoms with E-state index < -0.39 is 0 Å². The minimum atomic E-state index is -0.150. The van der Waals surface area contributed by atoms with Gasteiger partial charge in [0.25, 0.3) is 0 Å². The molecular weight excluding hydrogens is 248 g/mol. The Balaban J connectivity index is 2.08. The third-order valence-corrected chi connectivity index (χ3v) is 4.96. The molecule has 114 valence electrons. The first-order valence-electron chi connectivity index (χ1n) is 8.12. The highest BCUT2D eigenvalue weighted by atomic mass is 16.3. The average molecular weight is 278 g/mol. The van der Waals surface area contributed by atoms with Crippen molar-refractivity contribution in [2.45, 2.75) is 72.4 Å². The summed E-state index contributed by atoms with van der Waals surface area (Å²) in [5.41, 5.74) is 0.108. The summed E-state index contributed by atoms with van der Waals surface area (Å²) < 4.78 is 2.26. The number of rotatable bonds is 5. The number of aromatic nitrogens is 2. The Morgan fingerprint density at radius 1 is 1.40 bits per heavy atom. The van der Waals surface area contributed by atoms with Crippen LogP contribution in [0.4, 0.5) is 0 Å². The van der Waals surface area contributed by atoms with Crippen molar-refractivity contribution in [2.75, 3.05) is 0 Å². The molecule has 20 heavy (non-hydrogen) atoms. The fourth-order valence-corrected chi connectivity index (χ4v) is 3.75. The van der Waals surface area contributed by atoms with E-state index in [0.29, 0.717) is 11.8 Å². The number of aryl methyl sites for hydroxylation is 1. The lowest BCUT2D eigenvalue weighted by molar-refractivity contribution is -0.0135. The molecule has 0 aliphatic heterocycles. The summed E-state index contributed by atoms with van der Waals surface area (Å²) in [6.45, 7) is 10.1. The van der Waals surface area contributed by atoms with Gasteiger partial charge in [0.15, 0.2) is 0 Å². The Morgan fingerprint density at radius 2 is 2.15 bits per heavy atom. The van der Waals surface area contributed by atoms with Gasteiger partial charge in [-0.25, -0.2) is 4.98 Å². The topological polar surface area (TPSA) is 38.0 Å². The van der Waals surface area contributed by atoms with Crippen LogP contribution in [0.2, 0.25) is 0 Å². The van der Waals surface area contributed by atoms with E-state index in [1.165, 1.54) is 12.2 Å². The molecule has 0 radical (unpaired) electrons. The van der Waals surface area contributed by atoms with E-state index in [2.05, 4.69) is 43.4 Å². The summed E-state index contributed by atoms with van der Waals surface area (Å²) in [7, 11) is 0. The van der Waals surface area contributed by atoms with E-state index in [1.54, 1.807) is 0 Å². The van der Waals surface area contributed by atoms with E-state index in [9.17, 15) is 5.11 Å². The SMILES string of the molecule is CCCn1ccnc1CC(C)(C)C1CCC(C)CC1O. The Labute approximate surface area is 123 Å². The lowest BCUT2D eigenvalue weighted by Crippen LogP contribution is -2.40. The highest BCUT2D eigenvalue weighted by Gasteiger charge is 2.38. The third-order valence-electron chi connectivity index (χ3n) is 4.96. The first-order valence-corrected chi connectivity index (χ1v) is 8.12. The zero-order valence-electron chi connectivity index (χ0n) is 13.5. The van der Waals surface area contributed by atoms with Gasteiger partial charge in [-0.05, 0) is 36.5 Å². The highest BCUT2D eigenvalue weighted by Crippen LogP contribution is 2.42. The maximum atomic E-state index is 10.4. The quantitative estimate of drug-likeness (QED) is 0.892. The summed E-state index contributed by atoms with van der Waals surface area (Å²) in [6, 6.07) is 0. The molecule has 1 heterocycles. The number of aliphatic hydroxyl groups is 1. The maximum absolute atomic E-state index is 10.4. The number of aliphatic hydroxyl groups excluding tert-OH is 1. The van der Waals surface area contributed by atoms with Gasteiger partial charge in [-0.15, -0.1) is 0 Å². The third kappa shape index (κ3) is 3.43. The van der Waals surface area contributed by atoms with E-state index in [-0.39, 0.29) is 11.5 Å². The fourth-order valence-electron chi connectivity index (χ4n) is 3.75. The lowest BCUT2D eigenvalue weighted by atomic mass is 9.66. The van der Waals surface area contributed by atoms with E-state index >= 15 is 0 Å². The molecule has 1 aromatic rings. The van der Waals surface area contributed by atoms with Crippen LogP contribution >= 0.6 is 0 Å². The van der Waals surface area contributed by atoms with Crippen LogP contribution in [0, 0.1) is 17.3 Å². The molecule has 0 amide bonds. The van der Waals surface area contributed by atoms with Crippen LogP contribution in [0.15, 0.2) is 12.4 Å². The Bertz CT molecular complexity index is 424. The van der Waals surface area contributed by atoms with Crippen LogP contribution in [-0.4, -0.2) is 20.8 Å². The second kappa shape index (κ2) is 6.30. The van der Waals surface area contributed by atoms with Gasteiger partial charge in [0.2, 0.25) is 0 Å². The molecule has 0 aromatic carbocycles.